The van der Waals surface area contributed by atoms with Crippen molar-refractivity contribution < 1.29 is 9.32 Å². The molecule has 1 aliphatic heterocycles. The van der Waals surface area contributed by atoms with Crippen LogP contribution in [0.3, 0.4) is 0 Å². The van der Waals surface area contributed by atoms with E-state index >= 15 is 0 Å². The lowest BCUT2D eigenvalue weighted by Crippen LogP contribution is -2.16. The highest BCUT2D eigenvalue weighted by Gasteiger charge is 2.24. The Hall–Kier alpha value is -1.73. The minimum absolute atomic E-state index is 0.0538. The molecule has 6 nitrogen and oxygen atoms in total. The van der Waals surface area contributed by atoms with Gasteiger partial charge in [0, 0.05) is 10.2 Å². The minimum atomic E-state index is -0.371. The van der Waals surface area contributed by atoms with Crippen LogP contribution < -0.4 is 10.6 Å². The Kier molecular flexibility index (Phi) is 4.03. The summed E-state index contributed by atoms with van der Waals surface area (Å²) in [5.41, 5.74) is 1.67. The number of carbonyl (C=O) groups excluding carboxylic acids is 1. The van der Waals surface area contributed by atoms with Gasteiger partial charge in [0.25, 0.3) is 11.7 Å². The highest BCUT2D eigenvalue weighted by Crippen LogP contribution is 2.24. The Labute approximate surface area is 130 Å². The van der Waals surface area contributed by atoms with E-state index in [9.17, 15) is 4.79 Å². The molecule has 110 valence electrons. The summed E-state index contributed by atoms with van der Waals surface area (Å²) in [4.78, 5) is 16.4. The lowest BCUT2D eigenvalue weighted by atomic mass is 10.2. The quantitative estimate of drug-likeness (QED) is 0.889. The number of halogens is 1. The normalized spacial score (nSPS) is 17.9. The van der Waals surface area contributed by atoms with Crippen LogP contribution >= 0.6 is 15.9 Å². The highest BCUT2D eigenvalue weighted by atomic mass is 79.9. The molecule has 2 heterocycles. The molecule has 0 bridgehead atoms. The van der Waals surface area contributed by atoms with E-state index < -0.39 is 0 Å². The van der Waals surface area contributed by atoms with Crippen molar-refractivity contribution in [3.05, 3.63) is 40.0 Å². The summed E-state index contributed by atoms with van der Waals surface area (Å²) in [5, 5.41) is 9.81. The molecule has 3 rings (SSSR count). The monoisotopic (exact) mass is 350 g/mol. The molecule has 7 heteroatoms. The largest absolute Gasteiger partial charge is 0.337 e. The van der Waals surface area contributed by atoms with Crippen LogP contribution in [-0.4, -0.2) is 22.6 Å². The van der Waals surface area contributed by atoms with E-state index in [0.717, 1.165) is 35.1 Å². The van der Waals surface area contributed by atoms with Crippen LogP contribution in [0.25, 0.3) is 0 Å². The van der Waals surface area contributed by atoms with Gasteiger partial charge in [0.1, 0.15) is 0 Å². The third-order valence-electron chi connectivity index (χ3n) is 3.52. The molecule has 2 aromatic rings. The standard InChI is InChI=1S/C14H15BrN4O2/c1-8-9(15)4-2-5-10(8)17-13(20)12-18-14(21-19-12)11-6-3-7-16-11/h2,4-5,11,16H,3,6-7H2,1H3,(H,17,20). The Bertz CT molecular complexity index is 665. The first-order chi connectivity index (χ1) is 10.1. The van der Waals surface area contributed by atoms with Crippen molar-refractivity contribution in [2.24, 2.45) is 0 Å². The molecular formula is C14H15BrN4O2. The maximum absolute atomic E-state index is 12.2. The fraction of sp³-hybridized carbons (Fsp3) is 0.357. The molecule has 0 aliphatic carbocycles. The van der Waals surface area contributed by atoms with Crippen molar-refractivity contribution in [2.45, 2.75) is 25.8 Å². The fourth-order valence-electron chi connectivity index (χ4n) is 2.29. The number of hydrogen-bond acceptors (Lipinski definition) is 5. The van der Waals surface area contributed by atoms with Crippen LogP contribution in [0.4, 0.5) is 5.69 Å². The molecule has 1 aromatic carbocycles. The number of nitrogens with zero attached hydrogens (tertiary/aromatic N) is 2. The SMILES string of the molecule is Cc1c(Br)cccc1NC(=O)c1noc(C2CCCN2)n1. The number of aromatic nitrogens is 2. The van der Waals surface area contributed by atoms with E-state index in [1.807, 2.05) is 25.1 Å². The van der Waals surface area contributed by atoms with Gasteiger partial charge < -0.3 is 15.2 Å². The van der Waals surface area contributed by atoms with Gasteiger partial charge in [0.05, 0.1) is 6.04 Å². The molecule has 1 atom stereocenters. The van der Waals surface area contributed by atoms with Gasteiger partial charge >= 0.3 is 0 Å². The molecule has 21 heavy (non-hydrogen) atoms. The summed E-state index contributed by atoms with van der Waals surface area (Å²) < 4.78 is 6.10. The molecule has 1 amide bonds. The number of carbonyl (C=O) groups is 1. The second-order valence-electron chi connectivity index (χ2n) is 4.97. The van der Waals surface area contributed by atoms with Crippen molar-refractivity contribution >= 4 is 27.5 Å². The first-order valence-corrected chi connectivity index (χ1v) is 7.58. The average molecular weight is 351 g/mol. The van der Waals surface area contributed by atoms with Gasteiger partial charge in [-0.3, -0.25) is 4.79 Å². The van der Waals surface area contributed by atoms with Crippen molar-refractivity contribution in [3.63, 3.8) is 0 Å². The Morgan fingerprint density at radius 3 is 3.14 bits per heavy atom. The molecule has 1 saturated heterocycles. The Morgan fingerprint density at radius 2 is 2.38 bits per heavy atom. The number of rotatable bonds is 3. The summed E-state index contributed by atoms with van der Waals surface area (Å²) in [6, 6.07) is 5.67. The molecule has 0 radical (unpaired) electrons. The predicted octanol–water partition coefficient (Wildman–Crippen LogP) is 2.82. The third kappa shape index (κ3) is 2.98. The summed E-state index contributed by atoms with van der Waals surface area (Å²) in [6.07, 6.45) is 2.03. The van der Waals surface area contributed by atoms with E-state index in [-0.39, 0.29) is 17.8 Å². The van der Waals surface area contributed by atoms with Gasteiger partial charge in [-0.1, -0.05) is 27.2 Å². The van der Waals surface area contributed by atoms with E-state index in [0.29, 0.717) is 5.89 Å². The van der Waals surface area contributed by atoms with Gasteiger partial charge in [-0.25, -0.2) is 0 Å². The van der Waals surface area contributed by atoms with E-state index in [1.165, 1.54) is 0 Å². The average Bonchev–Trinajstić information content (AvgIpc) is 3.13. The van der Waals surface area contributed by atoms with Crippen molar-refractivity contribution in [3.8, 4) is 0 Å². The minimum Gasteiger partial charge on any atom is -0.337 e. The second-order valence-corrected chi connectivity index (χ2v) is 5.83. The molecular weight excluding hydrogens is 336 g/mol. The van der Waals surface area contributed by atoms with Crippen molar-refractivity contribution in [1.82, 2.24) is 15.5 Å². The van der Waals surface area contributed by atoms with E-state index in [1.54, 1.807) is 0 Å². The van der Waals surface area contributed by atoms with E-state index in [4.69, 9.17) is 4.52 Å². The molecule has 1 aromatic heterocycles. The summed E-state index contributed by atoms with van der Waals surface area (Å²) in [7, 11) is 0. The lowest BCUT2D eigenvalue weighted by Gasteiger charge is -2.07. The van der Waals surface area contributed by atoms with Gasteiger partial charge in [-0.2, -0.15) is 4.98 Å². The maximum atomic E-state index is 12.2. The summed E-state index contributed by atoms with van der Waals surface area (Å²) in [5.74, 6) is 0.158. The van der Waals surface area contributed by atoms with Crippen LogP contribution in [0.5, 0.6) is 0 Å². The number of nitrogens with one attached hydrogen (secondary N) is 2. The summed E-state index contributed by atoms with van der Waals surface area (Å²) in [6.45, 7) is 2.86. The zero-order valence-corrected chi connectivity index (χ0v) is 13.1. The number of benzene rings is 1. The highest BCUT2D eigenvalue weighted by molar-refractivity contribution is 9.10. The maximum Gasteiger partial charge on any atom is 0.297 e. The zero-order valence-electron chi connectivity index (χ0n) is 11.5. The third-order valence-corrected chi connectivity index (χ3v) is 4.38. The smallest absolute Gasteiger partial charge is 0.297 e. The zero-order chi connectivity index (χ0) is 14.8. The number of anilines is 1. The molecule has 1 aliphatic rings. The molecule has 0 saturated carbocycles. The molecule has 2 N–H and O–H groups in total. The van der Waals surface area contributed by atoms with Crippen LogP contribution in [0, 0.1) is 6.92 Å². The van der Waals surface area contributed by atoms with E-state index in [2.05, 4.69) is 36.7 Å². The van der Waals surface area contributed by atoms with Crippen LogP contribution in [0.1, 0.15) is 41.0 Å². The number of hydrogen-bond donors (Lipinski definition) is 2. The van der Waals surface area contributed by atoms with Crippen molar-refractivity contribution in [2.75, 3.05) is 11.9 Å². The van der Waals surface area contributed by atoms with Gasteiger partial charge in [-0.15, -0.1) is 0 Å². The first kappa shape index (κ1) is 14.2. The second kappa shape index (κ2) is 5.95. The van der Waals surface area contributed by atoms with Gasteiger partial charge in [0.15, 0.2) is 0 Å². The van der Waals surface area contributed by atoms with Crippen molar-refractivity contribution in [1.29, 1.82) is 0 Å². The van der Waals surface area contributed by atoms with Gasteiger partial charge in [-0.05, 0) is 44.0 Å². The predicted molar refractivity (Wildman–Crippen MR) is 81.1 cm³/mol. The summed E-state index contributed by atoms with van der Waals surface area (Å²) >= 11 is 3.43. The van der Waals surface area contributed by atoms with Gasteiger partial charge in [0.2, 0.25) is 5.89 Å². The Morgan fingerprint density at radius 1 is 1.52 bits per heavy atom. The fourth-order valence-corrected chi connectivity index (χ4v) is 2.65. The van der Waals surface area contributed by atoms with Crippen LogP contribution in [-0.2, 0) is 0 Å². The Balaban J connectivity index is 1.75. The number of amides is 1. The molecule has 1 fully saturated rings. The van der Waals surface area contributed by atoms with Crippen LogP contribution in [0.15, 0.2) is 27.2 Å². The topological polar surface area (TPSA) is 80.0 Å². The molecule has 0 spiro atoms. The first-order valence-electron chi connectivity index (χ1n) is 6.78. The van der Waals surface area contributed by atoms with Crippen LogP contribution in [0.2, 0.25) is 0 Å². The molecule has 1 unspecified atom stereocenters. The lowest BCUT2D eigenvalue weighted by molar-refractivity contribution is 0.101.